The van der Waals surface area contributed by atoms with Gasteiger partial charge < -0.3 is 9.84 Å². The quantitative estimate of drug-likeness (QED) is 0.601. The van der Waals surface area contributed by atoms with E-state index in [0.717, 1.165) is 25.9 Å². The Kier molecular flexibility index (Phi) is 7.86. The molecule has 1 saturated heterocycles. The van der Waals surface area contributed by atoms with Crippen LogP contribution in [0, 0.1) is 5.92 Å². The van der Waals surface area contributed by atoms with Crippen LogP contribution in [0.1, 0.15) is 32.6 Å². The number of ether oxygens (including phenoxy) is 1. The van der Waals surface area contributed by atoms with Crippen LogP contribution in [-0.2, 0) is 14.9 Å². The zero-order chi connectivity index (χ0) is 14.1. The molecule has 114 valence electrons. The molecule has 1 heterocycles. The van der Waals surface area contributed by atoms with Crippen molar-refractivity contribution in [3.05, 3.63) is 0 Å². The average Bonchev–Trinajstić information content (AvgIpc) is 2.43. The molecule has 6 nitrogen and oxygen atoms in total. The van der Waals surface area contributed by atoms with Crippen LogP contribution in [0.2, 0.25) is 0 Å². The minimum absolute atomic E-state index is 0.149. The zero-order valence-corrected chi connectivity index (χ0v) is 12.5. The van der Waals surface area contributed by atoms with Crippen LogP contribution in [0.4, 0.5) is 0 Å². The maximum atomic E-state index is 12.0. The summed E-state index contributed by atoms with van der Waals surface area (Å²) >= 11 is 0. The van der Waals surface area contributed by atoms with Crippen molar-refractivity contribution < 1.29 is 18.3 Å². The fourth-order valence-electron chi connectivity index (χ4n) is 2.05. The van der Waals surface area contributed by atoms with E-state index in [9.17, 15) is 8.42 Å². The number of rotatable bonds is 9. The third-order valence-corrected chi connectivity index (χ3v) is 4.88. The summed E-state index contributed by atoms with van der Waals surface area (Å²) in [5.74, 6) is 0.244. The second-order valence-electron chi connectivity index (χ2n) is 4.89. The number of aliphatic hydroxyl groups excluding tert-OH is 1. The van der Waals surface area contributed by atoms with Gasteiger partial charge in [-0.15, -0.1) is 0 Å². The highest BCUT2D eigenvalue weighted by Crippen LogP contribution is 2.18. The second-order valence-corrected chi connectivity index (χ2v) is 6.65. The summed E-state index contributed by atoms with van der Waals surface area (Å²) in [5, 5.41) is 9.03. The molecular weight excluding hydrogens is 268 g/mol. The Morgan fingerprint density at radius 3 is 2.58 bits per heavy atom. The van der Waals surface area contributed by atoms with Gasteiger partial charge >= 0.3 is 0 Å². The smallest absolute Gasteiger partial charge is 0.279 e. The molecular formula is C12H26N2O4S. The molecule has 0 amide bonds. The summed E-state index contributed by atoms with van der Waals surface area (Å²) in [6, 6.07) is 0. The van der Waals surface area contributed by atoms with Gasteiger partial charge in [-0.3, -0.25) is 0 Å². The summed E-state index contributed by atoms with van der Waals surface area (Å²) in [4.78, 5) is 0. The van der Waals surface area contributed by atoms with Gasteiger partial charge in [0.25, 0.3) is 10.2 Å². The molecule has 2 N–H and O–H groups in total. The van der Waals surface area contributed by atoms with Crippen LogP contribution in [-0.4, -0.2) is 57.3 Å². The third-order valence-electron chi connectivity index (χ3n) is 3.27. The molecule has 0 radical (unpaired) electrons. The Morgan fingerprint density at radius 1 is 1.32 bits per heavy atom. The molecule has 0 bridgehead atoms. The maximum absolute atomic E-state index is 12.0. The highest BCUT2D eigenvalue weighted by atomic mass is 32.2. The first-order chi connectivity index (χ1) is 9.10. The normalized spacial score (nSPS) is 18.8. The summed E-state index contributed by atoms with van der Waals surface area (Å²) in [6.07, 6.45) is 3.13. The molecule has 1 aliphatic rings. The van der Waals surface area contributed by atoms with E-state index in [0.29, 0.717) is 32.7 Å². The Bertz CT molecular complexity index is 327. The number of hydrogen-bond donors (Lipinski definition) is 2. The van der Waals surface area contributed by atoms with E-state index in [1.165, 1.54) is 4.31 Å². The largest absolute Gasteiger partial charge is 0.396 e. The first-order valence-corrected chi connectivity index (χ1v) is 8.47. The molecule has 0 aromatic rings. The van der Waals surface area contributed by atoms with E-state index < -0.39 is 10.2 Å². The summed E-state index contributed by atoms with van der Waals surface area (Å²) < 4.78 is 33.3. The zero-order valence-electron chi connectivity index (χ0n) is 11.7. The van der Waals surface area contributed by atoms with Gasteiger partial charge in [-0.2, -0.15) is 12.7 Å². The Balaban J connectivity index is 2.21. The van der Waals surface area contributed by atoms with Gasteiger partial charge in [0.15, 0.2) is 0 Å². The molecule has 1 rings (SSSR count). The van der Waals surface area contributed by atoms with Crippen molar-refractivity contribution in [2.75, 3.05) is 39.5 Å². The van der Waals surface area contributed by atoms with Crippen molar-refractivity contribution in [2.24, 2.45) is 5.92 Å². The Labute approximate surface area is 116 Å². The lowest BCUT2D eigenvalue weighted by Gasteiger charge is -2.30. The van der Waals surface area contributed by atoms with Gasteiger partial charge in [-0.1, -0.05) is 6.92 Å². The van der Waals surface area contributed by atoms with E-state index in [-0.39, 0.29) is 12.5 Å². The predicted octanol–water partition coefficient (Wildman–Crippen LogP) is 0.342. The third kappa shape index (κ3) is 6.18. The lowest BCUT2D eigenvalue weighted by molar-refractivity contribution is 0.133. The van der Waals surface area contributed by atoms with Crippen molar-refractivity contribution in [1.82, 2.24) is 9.03 Å². The van der Waals surface area contributed by atoms with Crippen LogP contribution in [0.3, 0.4) is 0 Å². The lowest BCUT2D eigenvalue weighted by atomic mass is 10.00. The molecule has 0 aliphatic carbocycles. The van der Waals surface area contributed by atoms with Crippen LogP contribution in [0.5, 0.6) is 0 Å². The van der Waals surface area contributed by atoms with Crippen molar-refractivity contribution in [1.29, 1.82) is 0 Å². The van der Waals surface area contributed by atoms with Crippen molar-refractivity contribution in [2.45, 2.75) is 32.6 Å². The van der Waals surface area contributed by atoms with Gasteiger partial charge in [0.2, 0.25) is 0 Å². The van der Waals surface area contributed by atoms with Gasteiger partial charge in [-0.05, 0) is 31.6 Å². The summed E-state index contributed by atoms with van der Waals surface area (Å²) in [7, 11) is -3.36. The molecule has 0 saturated carbocycles. The second kappa shape index (κ2) is 8.86. The topological polar surface area (TPSA) is 78.9 Å². The highest BCUT2D eigenvalue weighted by Gasteiger charge is 2.26. The molecule has 0 atom stereocenters. The van der Waals surface area contributed by atoms with E-state index >= 15 is 0 Å². The molecule has 0 aromatic heterocycles. The molecule has 0 aromatic carbocycles. The van der Waals surface area contributed by atoms with E-state index in [1.54, 1.807) is 0 Å². The Hall–Kier alpha value is -0.210. The number of hydrogen-bond acceptors (Lipinski definition) is 4. The summed E-state index contributed by atoms with van der Waals surface area (Å²) in [6.45, 7) is 4.89. The van der Waals surface area contributed by atoms with Crippen molar-refractivity contribution >= 4 is 10.2 Å². The molecule has 1 aliphatic heterocycles. The van der Waals surface area contributed by atoms with Crippen LogP contribution in [0.25, 0.3) is 0 Å². The monoisotopic (exact) mass is 294 g/mol. The molecule has 0 spiro atoms. The van der Waals surface area contributed by atoms with Crippen LogP contribution >= 0.6 is 0 Å². The minimum atomic E-state index is -3.36. The van der Waals surface area contributed by atoms with E-state index in [2.05, 4.69) is 4.72 Å². The molecule has 7 heteroatoms. The molecule has 19 heavy (non-hydrogen) atoms. The lowest BCUT2D eigenvalue weighted by Crippen LogP contribution is -2.45. The van der Waals surface area contributed by atoms with Crippen molar-refractivity contribution in [3.63, 3.8) is 0 Å². The number of piperidine rings is 1. The first-order valence-electron chi connectivity index (χ1n) is 7.03. The van der Waals surface area contributed by atoms with Gasteiger partial charge in [0.1, 0.15) is 0 Å². The number of nitrogens with one attached hydrogen (secondary N) is 1. The van der Waals surface area contributed by atoms with E-state index in [1.807, 2.05) is 6.92 Å². The van der Waals surface area contributed by atoms with E-state index in [4.69, 9.17) is 9.84 Å². The maximum Gasteiger partial charge on any atom is 0.279 e. The number of aliphatic hydroxyl groups is 1. The highest BCUT2D eigenvalue weighted by molar-refractivity contribution is 7.87. The number of nitrogens with zero attached hydrogens (tertiary/aromatic N) is 1. The minimum Gasteiger partial charge on any atom is -0.396 e. The Morgan fingerprint density at radius 2 is 2.00 bits per heavy atom. The summed E-state index contributed by atoms with van der Waals surface area (Å²) in [5.41, 5.74) is 0. The predicted molar refractivity (Wildman–Crippen MR) is 74.0 cm³/mol. The fraction of sp³-hybridized carbons (Fsp3) is 1.00. The van der Waals surface area contributed by atoms with Gasteiger partial charge in [-0.25, -0.2) is 4.72 Å². The first kappa shape index (κ1) is 16.8. The SMILES string of the molecule is CCCOCCCNS(=O)(=O)N1CCC(CO)CC1. The van der Waals surface area contributed by atoms with Crippen LogP contribution < -0.4 is 4.72 Å². The van der Waals surface area contributed by atoms with Crippen molar-refractivity contribution in [3.8, 4) is 0 Å². The fourth-order valence-corrected chi connectivity index (χ4v) is 3.32. The van der Waals surface area contributed by atoms with Gasteiger partial charge in [0, 0.05) is 39.5 Å². The molecule has 1 fully saturated rings. The van der Waals surface area contributed by atoms with Gasteiger partial charge in [0.05, 0.1) is 0 Å². The van der Waals surface area contributed by atoms with Crippen LogP contribution in [0.15, 0.2) is 0 Å². The standard InChI is InChI=1S/C12H26N2O4S/c1-2-9-18-10-3-6-13-19(16,17)14-7-4-12(11-15)5-8-14/h12-13,15H,2-11H2,1H3. The average molecular weight is 294 g/mol. The molecule has 0 unspecified atom stereocenters.